The summed E-state index contributed by atoms with van der Waals surface area (Å²) in [7, 11) is 3.91. The lowest BCUT2D eigenvalue weighted by Crippen LogP contribution is -2.17. The summed E-state index contributed by atoms with van der Waals surface area (Å²) in [5.74, 6) is 0.905. The number of anilines is 1. The summed E-state index contributed by atoms with van der Waals surface area (Å²) in [5.41, 5.74) is 0.851. The van der Waals surface area contributed by atoms with Crippen LogP contribution < -0.4 is 4.90 Å². The molecule has 0 bridgehead atoms. The highest BCUT2D eigenvalue weighted by molar-refractivity contribution is 9.10. The molecule has 3 aromatic rings. The zero-order valence-corrected chi connectivity index (χ0v) is 12.9. The Hall–Kier alpha value is -1.47. The van der Waals surface area contributed by atoms with E-state index in [4.69, 9.17) is 0 Å². The van der Waals surface area contributed by atoms with Crippen molar-refractivity contribution in [2.75, 3.05) is 11.9 Å². The van der Waals surface area contributed by atoms with Crippen molar-refractivity contribution in [1.29, 1.82) is 0 Å². The molecule has 3 heterocycles. The topological polar surface area (TPSA) is 46.8 Å². The highest BCUT2D eigenvalue weighted by Crippen LogP contribution is 2.25. The SMILES string of the molecule is CN(Cc1cc(Br)cs1)c1ncnc2c1cnn2C. The lowest BCUT2D eigenvalue weighted by Gasteiger charge is -2.17. The maximum absolute atomic E-state index is 4.38. The molecule has 7 heteroatoms. The number of thiophene rings is 1. The molecule has 0 aliphatic heterocycles. The molecule has 0 aromatic carbocycles. The van der Waals surface area contributed by atoms with Gasteiger partial charge in [-0.2, -0.15) is 5.10 Å². The van der Waals surface area contributed by atoms with Crippen LogP contribution in [0.3, 0.4) is 0 Å². The van der Waals surface area contributed by atoms with Crippen LogP contribution >= 0.6 is 27.3 Å². The van der Waals surface area contributed by atoms with E-state index in [9.17, 15) is 0 Å². The molecule has 0 unspecified atom stereocenters. The molecule has 0 N–H and O–H groups in total. The molecule has 0 radical (unpaired) electrons. The second-order valence-electron chi connectivity index (χ2n) is 4.29. The molecule has 19 heavy (non-hydrogen) atoms. The fraction of sp³-hybridized carbons (Fsp3) is 0.250. The van der Waals surface area contributed by atoms with Gasteiger partial charge >= 0.3 is 0 Å². The molecule has 0 spiro atoms. The van der Waals surface area contributed by atoms with E-state index in [0.717, 1.165) is 27.9 Å². The number of hydrogen-bond acceptors (Lipinski definition) is 5. The summed E-state index contributed by atoms with van der Waals surface area (Å²) in [4.78, 5) is 12.0. The monoisotopic (exact) mass is 337 g/mol. The number of rotatable bonds is 3. The minimum atomic E-state index is 0.817. The zero-order valence-electron chi connectivity index (χ0n) is 10.5. The van der Waals surface area contributed by atoms with Crippen LogP contribution in [0.1, 0.15) is 4.88 Å². The van der Waals surface area contributed by atoms with E-state index in [1.807, 2.05) is 20.3 Å². The Labute approximate surface area is 123 Å². The zero-order chi connectivity index (χ0) is 13.4. The number of aryl methyl sites for hydroxylation is 1. The van der Waals surface area contributed by atoms with Crippen molar-refractivity contribution in [1.82, 2.24) is 19.7 Å². The first-order valence-corrected chi connectivity index (χ1v) is 7.39. The smallest absolute Gasteiger partial charge is 0.163 e. The molecular formula is C12H12BrN5S. The van der Waals surface area contributed by atoms with E-state index in [0.29, 0.717) is 0 Å². The van der Waals surface area contributed by atoms with Gasteiger partial charge in [-0.3, -0.25) is 4.68 Å². The van der Waals surface area contributed by atoms with Crippen molar-refractivity contribution in [3.63, 3.8) is 0 Å². The average molecular weight is 338 g/mol. The van der Waals surface area contributed by atoms with Crippen molar-refractivity contribution >= 4 is 44.1 Å². The van der Waals surface area contributed by atoms with Gasteiger partial charge in [0.25, 0.3) is 0 Å². The van der Waals surface area contributed by atoms with Gasteiger partial charge in [0.1, 0.15) is 12.1 Å². The fourth-order valence-corrected chi connectivity index (χ4v) is 3.50. The lowest BCUT2D eigenvalue weighted by atomic mass is 10.3. The molecular weight excluding hydrogens is 326 g/mol. The largest absolute Gasteiger partial charge is 0.354 e. The van der Waals surface area contributed by atoms with Crippen LogP contribution in [-0.2, 0) is 13.6 Å². The van der Waals surface area contributed by atoms with E-state index < -0.39 is 0 Å². The van der Waals surface area contributed by atoms with E-state index in [1.165, 1.54) is 4.88 Å². The number of hydrogen-bond donors (Lipinski definition) is 0. The van der Waals surface area contributed by atoms with Gasteiger partial charge < -0.3 is 4.90 Å². The lowest BCUT2D eigenvalue weighted by molar-refractivity contribution is 0.785. The first kappa shape index (κ1) is 12.6. The Morgan fingerprint density at radius 3 is 3.00 bits per heavy atom. The quantitative estimate of drug-likeness (QED) is 0.737. The minimum Gasteiger partial charge on any atom is -0.354 e. The summed E-state index contributed by atoms with van der Waals surface area (Å²) in [6.07, 6.45) is 3.39. The van der Waals surface area contributed by atoms with Crippen LogP contribution in [0.25, 0.3) is 11.0 Å². The van der Waals surface area contributed by atoms with Crippen molar-refractivity contribution in [2.24, 2.45) is 7.05 Å². The van der Waals surface area contributed by atoms with Gasteiger partial charge in [0.2, 0.25) is 0 Å². The van der Waals surface area contributed by atoms with Crippen molar-refractivity contribution in [2.45, 2.75) is 6.54 Å². The van der Waals surface area contributed by atoms with Crippen LogP contribution in [0.4, 0.5) is 5.82 Å². The van der Waals surface area contributed by atoms with Gasteiger partial charge in [-0.1, -0.05) is 0 Å². The molecule has 0 saturated heterocycles. The Kier molecular flexibility index (Phi) is 3.24. The molecule has 0 saturated carbocycles. The van der Waals surface area contributed by atoms with Gasteiger partial charge in [0.05, 0.1) is 18.1 Å². The summed E-state index contributed by atoms with van der Waals surface area (Å²) in [6, 6.07) is 2.13. The van der Waals surface area contributed by atoms with Gasteiger partial charge in [-0.15, -0.1) is 11.3 Å². The highest BCUT2D eigenvalue weighted by atomic mass is 79.9. The minimum absolute atomic E-state index is 0.817. The van der Waals surface area contributed by atoms with Crippen molar-refractivity contribution in [3.05, 3.63) is 33.3 Å². The van der Waals surface area contributed by atoms with Crippen LogP contribution in [0, 0.1) is 0 Å². The Balaban J connectivity index is 1.95. The number of nitrogens with zero attached hydrogens (tertiary/aromatic N) is 5. The van der Waals surface area contributed by atoms with Gasteiger partial charge in [-0.25, -0.2) is 9.97 Å². The average Bonchev–Trinajstić information content (AvgIpc) is 2.96. The molecule has 3 rings (SSSR count). The molecule has 0 aliphatic rings. The van der Waals surface area contributed by atoms with Crippen molar-refractivity contribution < 1.29 is 0 Å². The van der Waals surface area contributed by atoms with E-state index in [2.05, 4.69) is 47.3 Å². The third-order valence-corrected chi connectivity index (χ3v) is 4.57. The molecule has 3 aromatic heterocycles. The number of fused-ring (bicyclic) bond motifs is 1. The van der Waals surface area contributed by atoms with E-state index in [-0.39, 0.29) is 0 Å². The third kappa shape index (κ3) is 2.35. The number of aromatic nitrogens is 4. The molecule has 0 aliphatic carbocycles. The first-order chi connectivity index (χ1) is 9.15. The standard InChI is InChI=1S/C12H12BrN5S/c1-17(5-9-3-8(13)6-19-9)11-10-4-16-18(2)12(10)15-7-14-11/h3-4,6-7H,5H2,1-2H3. The van der Waals surface area contributed by atoms with Gasteiger partial charge in [0, 0.05) is 28.8 Å². The molecule has 98 valence electrons. The van der Waals surface area contributed by atoms with E-state index >= 15 is 0 Å². The molecule has 0 fully saturated rings. The molecule has 5 nitrogen and oxygen atoms in total. The van der Waals surface area contributed by atoms with Crippen molar-refractivity contribution in [3.8, 4) is 0 Å². The van der Waals surface area contributed by atoms with Crippen LogP contribution in [0.15, 0.2) is 28.4 Å². The summed E-state index contributed by atoms with van der Waals surface area (Å²) in [5, 5.41) is 7.29. The molecule has 0 amide bonds. The second-order valence-corrected chi connectivity index (χ2v) is 6.20. The van der Waals surface area contributed by atoms with Crippen LogP contribution in [0.5, 0.6) is 0 Å². The Bertz CT molecular complexity index is 720. The second kappa shape index (κ2) is 4.90. The third-order valence-electron chi connectivity index (χ3n) is 2.88. The maximum Gasteiger partial charge on any atom is 0.163 e. The van der Waals surface area contributed by atoms with Gasteiger partial charge in [0.15, 0.2) is 5.65 Å². The van der Waals surface area contributed by atoms with Crippen LogP contribution in [-0.4, -0.2) is 26.8 Å². The maximum atomic E-state index is 4.38. The van der Waals surface area contributed by atoms with Gasteiger partial charge in [-0.05, 0) is 22.0 Å². The normalized spacial score (nSPS) is 11.1. The summed E-state index contributed by atoms with van der Waals surface area (Å²) >= 11 is 5.20. The fourth-order valence-electron chi connectivity index (χ4n) is 2.00. The Morgan fingerprint density at radius 1 is 1.42 bits per heavy atom. The summed E-state index contributed by atoms with van der Waals surface area (Å²) < 4.78 is 2.88. The highest BCUT2D eigenvalue weighted by Gasteiger charge is 2.12. The predicted octanol–water partition coefficient (Wildman–Crippen LogP) is 2.82. The number of halogens is 1. The van der Waals surface area contributed by atoms with Crippen LogP contribution in [0.2, 0.25) is 0 Å². The predicted molar refractivity (Wildman–Crippen MR) is 80.4 cm³/mol. The summed E-state index contributed by atoms with van der Waals surface area (Å²) in [6.45, 7) is 0.817. The molecule has 0 atom stereocenters. The Morgan fingerprint density at radius 2 is 2.26 bits per heavy atom. The van der Waals surface area contributed by atoms with E-state index in [1.54, 1.807) is 22.3 Å². The first-order valence-electron chi connectivity index (χ1n) is 5.72.